The minimum Gasteiger partial charge on any atom is -0.473 e. The Morgan fingerprint density at radius 2 is 2.09 bits per heavy atom. The number of aromatic nitrogens is 4. The Morgan fingerprint density at radius 1 is 1.35 bits per heavy atom. The molecule has 1 saturated heterocycles. The van der Waals surface area contributed by atoms with E-state index in [4.69, 9.17) is 15.2 Å². The van der Waals surface area contributed by atoms with Crippen LogP contribution in [0.2, 0.25) is 0 Å². The van der Waals surface area contributed by atoms with Gasteiger partial charge in [0.1, 0.15) is 18.3 Å². The molecule has 3 heterocycles. The second kappa shape index (κ2) is 5.89. The number of hydrogen-bond donors (Lipinski definition) is 4. The number of ether oxygens (including phenoxy) is 2. The van der Waals surface area contributed by atoms with Gasteiger partial charge in [-0.15, -0.1) is 0 Å². The molecule has 1 aliphatic rings. The van der Waals surface area contributed by atoms with Crippen LogP contribution in [0, 0.1) is 0 Å². The van der Waals surface area contributed by atoms with E-state index in [1.807, 2.05) is 13.8 Å². The van der Waals surface area contributed by atoms with E-state index in [1.54, 1.807) is 0 Å². The van der Waals surface area contributed by atoms with Crippen molar-refractivity contribution in [2.24, 2.45) is 0 Å². The molecule has 23 heavy (non-hydrogen) atoms. The van der Waals surface area contributed by atoms with Crippen molar-refractivity contribution >= 4 is 17.1 Å². The van der Waals surface area contributed by atoms with Crippen LogP contribution in [0.1, 0.15) is 20.1 Å². The molecule has 4 unspecified atom stereocenters. The lowest BCUT2D eigenvalue weighted by molar-refractivity contribution is -0.0511. The van der Waals surface area contributed by atoms with Gasteiger partial charge in [-0.1, -0.05) is 0 Å². The van der Waals surface area contributed by atoms with Crippen molar-refractivity contribution in [3.63, 3.8) is 0 Å². The molecular formula is C13H19N5O5. The third kappa shape index (κ3) is 2.70. The number of aliphatic hydroxyl groups excluding tert-OH is 3. The Morgan fingerprint density at radius 3 is 2.70 bits per heavy atom. The van der Waals surface area contributed by atoms with Gasteiger partial charge >= 0.3 is 0 Å². The van der Waals surface area contributed by atoms with E-state index in [0.717, 1.165) is 0 Å². The fourth-order valence-electron chi connectivity index (χ4n) is 2.51. The van der Waals surface area contributed by atoms with Gasteiger partial charge in [0.15, 0.2) is 17.4 Å². The van der Waals surface area contributed by atoms with E-state index >= 15 is 0 Å². The molecule has 126 valence electrons. The first-order chi connectivity index (χ1) is 10.9. The monoisotopic (exact) mass is 325 g/mol. The predicted octanol–water partition coefficient (Wildman–Crippen LogP) is -1.19. The maximum absolute atomic E-state index is 10.1. The van der Waals surface area contributed by atoms with E-state index in [1.165, 1.54) is 10.9 Å². The summed E-state index contributed by atoms with van der Waals surface area (Å²) in [6, 6.07) is 0. The fraction of sp³-hybridized carbons (Fsp3) is 0.615. The van der Waals surface area contributed by atoms with Gasteiger partial charge in [-0.2, -0.15) is 9.97 Å². The molecule has 2 aromatic rings. The number of imidazole rings is 1. The van der Waals surface area contributed by atoms with E-state index in [0.29, 0.717) is 11.2 Å². The molecule has 0 aliphatic carbocycles. The highest BCUT2D eigenvalue weighted by molar-refractivity contribution is 5.77. The number of anilines is 1. The molecule has 3 rings (SSSR count). The lowest BCUT2D eigenvalue weighted by Gasteiger charge is -2.16. The molecule has 0 radical (unpaired) electrons. The largest absolute Gasteiger partial charge is 0.473 e. The van der Waals surface area contributed by atoms with Crippen molar-refractivity contribution in [2.45, 2.75) is 44.5 Å². The molecule has 4 atom stereocenters. The van der Waals surface area contributed by atoms with Gasteiger partial charge < -0.3 is 30.5 Å². The van der Waals surface area contributed by atoms with Crippen LogP contribution >= 0.6 is 0 Å². The minimum absolute atomic E-state index is 0.0124. The fourth-order valence-corrected chi connectivity index (χ4v) is 2.51. The molecule has 0 spiro atoms. The molecule has 0 saturated carbocycles. The van der Waals surface area contributed by atoms with E-state index in [9.17, 15) is 15.3 Å². The molecule has 2 aromatic heterocycles. The Labute approximate surface area is 131 Å². The highest BCUT2D eigenvalue weighted by Gasteiger charge is 2.44. The number of rotatable bonds is 4. The zero-order valence-corrected chi connectivity index (χ0v) is 12.7. The summed E-state index contributed by atoms with van der Waals surface area (Å²) in [6.07, 6.45) is -3.03. The standard InChI is InChI=1S/C13H19N5O5/c1-5(2)22-11-7-10(16-13(14)17-11)18(4-15-7)12-9(21)8(20)6(3-19)23-12/h4-6,8-9,12,19-21H,3H2,1-2H3,(H2,14,16,17). The highest BCUT2D eigenvalue weighted by atomic mass is 16.6. The van der Waals surface area contributed by atoms with Crippen LogP contribution in [0.4, 0.5) is 5.95 Å². The summed E-state index contributed by atoms with van der Waals surface area (Å²) >= 11 is 0. The van der Waals surface area contributed by atoms with Gasteiger partial charge in [0.25, 0.3) is 0 Å². The third-order valence-electron chi connectivity index (χ3n) is 3.55. The maximum Gasteiger partial charge on any atom is 0.247 e. The summed E-state index contributed by atoms with van der Waals surface area (Å²) < 4.78 is 12.5. The smallest absolute Gasteiger partial charge is 0.247 e. The highest BCUT2D eigenvalue weighted by Crippen LogP contribution is 2.33. The summed E-state index contributed by atoms with van der Waals surface area (Å²) in [5.74, 6) is 0.217. The first kappa shape index (κ1) is 15.9. The summed E-state index contributed by atoms with van der Waals surface area (Å²) in [7, 11) is 0. The number of nitrogens with zero attached hydrogens (tertiary/aromatic N) is 4. The summed E-state index contributed by atoms with van der Waals surface area (Å²) in [6.45, 7) is 3.26. The second-order valence-electron chi connectivity index (χ2n) is 5.61. The van der Waals surface area contributed by atoms with Gasteiger partial charge in [-0.25, -0.2) is 4.98 Å². The summed E-state index contributed by atoms with van der Waals surface area (Å²) in [5, 5.41) is 29.2. The average molecular weight is 325 g/mol. The van der Waals surface area contributed by atoms with E-state index in [-0.39, 0.29) is 17.9 Å². The maximum atomic E-state index is 10.1. The van der Waals surface area contributed by atoms with Crippen LogP contribution < -0.4 is 10.5 Å². The molecular weight excluding hydrogens is 306 g/mol. The van der Waals surface area contributed by atoms with Crippen LogP contribution in [0.25, 0.3) is 11.2 Å². The van der Waals surface area contributed by atoms with Gasteiger partial charge in [-0.05, 0) is 13.8 Å². The second-order valence-corrected chi connectivity index (χ2v) is 5.61. The van der Waals surface area contributed by atoms with Crippen molar-refractivity contribution in [3.05, 3.63) is 6.33 Å². The van der Waals surface area contributed by atoms with E-state index < -0.39 is 31.1 Å². The zero-order chi connectivity index (χ0) is 16.7. The third-order valence-corrected chi connectivity index (χ3v) is 3.55. The first-order valence-corrected chi connectivity index (χ1v) is 7.21. The molecule has 0 aromatic carbocycles. The van der Waals surface area contributed by atoms with Gasteiger partial charge in [0.2, 0.25) is 11.8 Å². The van der Waals surface area contributed by atoms with Gasteiger partial charge in [0, 0.05) is 0 Å². The predicted molar refractivity (Wildman–Crippen MR) is 78.5 cm³/mol. The van der Waals surface area contributed by atoms with Crippen LogP contribution in [0.3, 0.4) is 0 Å². The van der Waals surface area contributed by atoms with Crippen LogP contribution in [0.15, 0.2) is 6.33 Å². The quantitative estimate of drug-likeness (QED) is 0.544. The van der Waals surface area contributed by atoms with Crippen molar-refractivity contribution in [2.75, 3.05) is 12.3 Å². The van der Waals surface area contributed by atoms with E-state index in [2.05, 4.69) is 15.0 Å². The summed E-state index contributed by atoms with van der Waals surface area (Å²) in [4.78, 5) is 12.3. The van der Waals surface area contributed by atoms with Gasteiger partial charge in [-0.3, -0.25) is 4.57 Å². The number of fused-ring (bicyclic) bond motifs is 1. The lowest BCUT2D eigenvalue weighted by Crippen LogP contribution is -2.33. The molecule has 1 aliphatic heterocycles. The summed E-state index contributed by atoms with van der Waals surface area (Å²) in [5.41, 5.74) is 6.38. The lowest BCUT2D eigenvalue weighted by atomic mass is 10.1. The van der Waals surface area contributed by atoms with Crippen LogP contribution in [-0.2, 0) is 4.74 Å². The SMILES string of the molecule is CC(C)Oc1nc(N)nc2c1ncn2C1OC(CO)C(O)C1O. The Balaban J connectivity index is 2.04. The molecule has 0 bridgehead atoms. The van der Waals surface area contributed by atoms with Crippen molar-refractivity contribution in [1.29, 1.82) is 0 Å². The topological polar surface area (TPSA) is 149 Å². The number of aliphatic hydroxyl groups is 3. The molecule has 0 amide bonds. The number of hydrogen-bond acceptors (Lipinski definition) is 9. The Hall–Kier alpha value is -2.01. The number of nitrogen functional groups attached to an aromatic ring is 1. The van der Waals surface area contributed by atoms with Crippen molar-refractivity contribution in [1.82, 2.24) is 19.5 Å². The van der Waals surface area contributed by atoms with Gasteiger partial charge in [0.05, 0.1) is 19.0 Å². The Kier molecular flexibility index (Phi) is 4.06. The van der Waals surface area contributed by atoms with Crippen molar-refractivity contribution < 1.29 is 24.8 Å². The molecule has 10 heteroatoms. The van der Waals surface area contributed by atoms with Crippen molar-refractivity contribution in [3.8, 4) is 5.88 Å². The van der Waals surface area contributed by atoms with Crippen LogP contribution in [-0.4, -0.2) is 65.9 Å². The van der Waals surface area contributed by atoms with Crippen LogP contribution in [0.5, 0.6) is 5.88 Å². The molecule has 1 fully saturated rings. The zero-order valence-electron chi connectivity index (χ0n) is 12.7. The Bertz CT molecular complexity index is 705. The molecule has 10 nitrogen and oxygen atoms in total. The number of nitrogens with two attached hydrogens (primary N) is 1. The average Bonchev–Trinajstić information content (AvgIpc) is 3.01. The minimum atomic E-state index is -1.24. The molecule has 5 N–H and O–H groups in total. The first-order valence-electron chi connectivity index (χ1n) is 7.21. The normalized spacial score (nSPS) is 27.9.